The van der Waals surface area contributed by atoms with Crippen LogP contribution in [0.1, 0.15) is 20.8 Å². The molecule has 0 rings (SSSR count). The van der Waals surface area contributed by atoms with E-state index in [2.05, 4.69) is 27.4 Å². The number of hydrogen-bond donors (Lipinski definition) is 0. The van der Waals surface area contributed by atoms with Gasteiger partial charge in [-0.05, 0) is 30.3 Å². The third-order valence-electron chi connectivity index (χ3n) is 2.64. The summed E-state index contributed by atoms with van der Waals surface area (Å²) in [4.78, 5) is 10.1. The molecule has 3 heteroatoms. The van der Waals surface area contributed by atoms with Gasteiger partial charge in [0, 0.05) is 0 Å². The van der Waals surface area contributed by atoms with Crippen molar-refractivity contribution in [1.29, 1.82) is 0 Å². The van der Waals surface area contributed by atoms with Crippen molar-refractivity contribution in [3.63, 3.8) is 0 Å². The quantitative estimate of drug-likeness (QED) is 0.213. The van der Waals surface area contributed by atoms with Crippen LogP contribution in [0.4, 0.5) is 0 Å². The summed E-state index contributed by atoms with van der Waals surface area (Å²) in [6, 6.07) is 3.27. The Morgan fingerprint density at radius 1 is 1.29 bits per heavy atom. The molecule has 0 fully saturated rings. The van der Waals surface area contributed by atoms with Crippen molar-refractivity contribution in [2.24, 2.45) is 0 Å². The molecule has 0 heterocycles. The molecule has 0 aromatic heterocycles. The van der Waals surface area contributed by atoms with E-state index >= 15 is 0 Å². The maximum absolute atomic E-state index is 10.1. The zero-order chi connectivity index (χ0) is 11.0. The largest absolute Gasteiger partial charge is 0.544 e. The van der Waals surface area contributed by atoms with Crippen molar-refractivity contribution < 1.29 is 9.22 Å². The SMILES string of the molecule is C=C(/C=C/C=O)O[Si](CC)(CC)CC. The molecule has 0 atom stereocenters. The molecule has 0 saturated heterocycles. The predicted molar refractivity (Wildman–Crippen MR) is 62.6 cm³/mol. The van der Waals surface area contributed by atoms with Gasteiger partial charge in [0.15, 0.2) is 0 Å². The average Bonchev–Trinajstić information content (AvgIpc) is 2.23. The third kappa shape index (κ3) is 3.92. The van der Waals surface area contributed by atoms with Gasteiger partial charge in [0.1, 0.15) is 6.29 Å². The fourth-order valence-electron chi connectivity index (χ4n) is 1.43. The van der Waals surface area contributed by atoms with Crippen molar-refractivity contribution in [2.45, 2.75) is 38.9 Å². The number of allylic oxidation sites excluding steroid dienone is 2. The zero-order valence-electron chi connectivity index (χ0n) is 9.38. The molecule has 0 aromatic carbocycles. The third-order valence-corrected chi connectivity index (χ3v) is 7.20. The normalized spacial score (nSPS) is 11.6. The van der Waals surface area contributed by atoms with Crippen LogP contribution in [0.5, 0.6) is 0 Å². The second-order valence-electron chi connectivity index (χ2n) is 3.31. The minimum absolute atomic E-state index is 0.620. The molecule has 0 spiro atoms. The van der Waals surface area contributed by atoms with Crippen LogP contribution in [-0.4, -0.2) is 14.6 Å². The Morgan fingerprint density at radius 2 is 1.79 bits per heavy atom. The highest BCUT2D eigenvalue weighted by molar-refractivity contribution is 6.73. The molecule has 2 nitrogen and oxygen atoms in total. The summed E-state index contributed by atoms with van der Waals surface area (Å²) < 4.78 is 5.89. The lowest BCUT2D eigenvalue weighted by Crippen LogP contribution is -2.34. The number of carbonyl (C=O) groups excluding carboxylic acids is 1. The van der Waals surface area contributed by atoms with E-state index in [1.165, 1.54) is 6.08 Å². The number of aldehydes is 1. The summed E-state index contributed by atoms with van der Waals surface area (Å²) in [5, 5.41) is 0. The zero-order valence-corrected chi connectivity index (χ0v) is 10.4. The Labute approximate surface area is 87.8 Å². The summed E-state index contributed by atoms with van der Waals surface area (Å²) in [6.07, 6.45) is 3.79. The lowest BCUT2D eigenvalue weighted by Gasteiger charge is -2.28. The van der Waals surface area contributed by atoms with Crippen molar-refractivity contribution in [1.82, 2.24) is 0 Å². The first-order valence-corrected chi connectivity index (χ1v) is 7.66. The van der Waals surface area contributed by atoms with Gasteiger partial charge >= 0.3 is 0 Å². The Bertz CT molecular complexity index is 209. The Morgan fingerprint density at radius 3 is 2.14 bits per heavy atom. The number of rotatable bonds is 7. The predicted octanol–water partition coefficient (Wildman–Crippen LogP) is 3.28. The molecule has 0 radical (unpaired) electrons. The van der Waals surface area contributed by atoms with Gasteiger partial charge in [-0.1, -0.05) is 27.4 Å². The summed E-state index contributed by atoms with van der Waals surface area (Å²) in [5.41, 5.74) is 0. The van der Waals surface area contributed by atoms with E-state index in [1.54, 1.807) is 6.08 Å². The lowest BCUT2D eigenvalue weighted by atomic mass is 10.5. The average molecular weight is 212 g/mol. The van der Waals surface area contributed by atoms with Gasteiger partial charge in [-0.25, -0.2) is 0 Å². The molecular weight excluding hydrogens is 192 g/mol. The van der Waals surface area contributed by atoms with Crippen LogP contribution in [0.15, 0.2) is 24.5 Å². The van der Waals surface area contributed by atoms with E-state index < -0.39 is 8.32 Å². The van der Waals surface area contributed by atoms with Gasteiger partial charge in [-0.15, -0.1) is 0 Å². The van der Waals surface area contributed by atoms with E-state index in [4.69, 9.17) is 4.43 Å². The van der Waals surface area contributed by atoms with Gasteiger partial charge in [0.05, 0.1) is 5.76 Å². The molecule has 0 aliphatic carbocycles. The number of carbonyl (C=O) groups is 1. The fraction of sp³-hybridized carbons (Fsp3) is 0.545. The van der Waals surface area contributed by atoms with Crippen LogP contribution in [0, 0.1) is 0 Å². The minimum Gasteiger partial charge on any atom is -0.544 e. The molecule has 0 aromatic rings. The maximum Gasteiger partial charge on any atom is 0.250 e. The topological polar surface area (TPSA) is 26.3 Å². The van der Waals surface area contributed by atoms with Crippen LogP contribution >= 0.6 is 0 Å². The molecular formula is C11H20O2Si. The Balaban J connectivity index is 4.36. The highest BCUT2D eigenvalue weighted by Gasteiger charge is 2.30. The first kappa shape index (κ1) is 13.2. The highest BCUT2D eigenvalue weighted by Crippen LogP contribution is 2.24. The van der Waals surface area contributed by atoms with E-state index in [-0.39, 0.29) is 0 Å². The van der Waals surface area contributed by atoms with Crippen LogP contribution < -0.4 is 0 Å². The Kier molecular flexibility index (Phi) is 6.20. The van der Waals surface area contributed by atoms with Crippen LogP contribution in [0.25, 0.3) is 0 Å². The van der Waals surface area contributed by atoms with E-state index in [9.17, 15) is 4.79 Å². The van der Waals surface area contributed by atoms with Gasteiger partial charge in [0.2, 0.25) is 8.32 Å². The van der Waals surface area contributed by atoms with Crippen molar-refractivity contribution >= 4 is 14.6 Å². The molecule has 0 bridgehead atoms. The minimum atomic E-state index is -1.60. The molecule has 0 unspecified atom stereocenters. The van der Waals surface area contributed by atoms with Crippen molar-refractivity contribution in [3.05, 3.63) is 24.5 Å². The van der Waals surface area contributed by atoms with Gasteiger partial charge < -0.3 is 4.43 Å². The summed E-state index contributed by atoms with van der Waals surface area (Å²) in [6.45, 7) is 10.3. The van der Waals surface area contributed by atoms with Crippen molar-refractivity contribution in [2.75, 3.05) is 0 Å². The van der Waals surface area contributed by atoms with Crippen LogP contribution in [0.3, 0.4) is 0 Å². The van der Waals surface area contributed by atoms with Crippen molar-refractivity contribution in [3.8, 4) is 0 Å². The van der Waals surface area contributed by atoms with E-state index in [0.717, 1.165) is 24.4 Å². The monoisotopic (exact) mass is 212 g/mol. The van der Waals surface area contributed by atoms with Crippen LogP contribution in [0.2, 0.25) is 18.1 Å². The summed E-state index contributed by atoms with van der Waals surface area (Å²) in [7, 11) is -1.60. The first-order chi connectivity index (χ1) is 6.64. The molecule has 0 amide bonds. The summed E-state index contributed by atoms with van der Waals surface area (Å²) in [5.74, 6) is 0.620. The fourth-order valence-corrected chi connectivity index (χ4v) is 3.98. The molecule has 0 N–H and O–H groups in total. The standard InChI is InChI=1S/C11H20O2Si/c1-5-14(6-2,7-3)13-11(4)9-8-10-12/h8-10H,4-7H2,1-3H3/b9-8+. The smallest absolute Gasteiger partial charge is 0.250 e. The Hall–Kier alpha value is -0.833. The second kappa shape index (κ2) is 6.60. The van der Waals surface area contributed by atoms with Gasteiger partial charge in [-0.3, -0.25) is 4.79 Å². The molecule has 0 aliphatic heterocycles. The van der Waals surface area contributed by atoms with Crippen LogP contribution in [-0.2, 0) is 9.22 Å². The summed E-state index contributed by atoms with van der Waals surface area (Å²) >= 11 is 0. The molecule has 14 heavy (non-hydrogen) atoms. The lowest BCUT2D eigenvalue weighted by molar-refractivity contribution is -0.104. The second-order valence-corrected chi connectivity index (χ2v) is 8.00. The first-order valence-electron chi connectivity index (χ1n) is 5.13. The molecule has 0 saturated carbocycles. The van der Waals surface area contributed by atoms with Gasteiger partial charge in [0.25, 0.3) is 0 Å². The maximum atomic E-state index is 10.1. The molecule has 80 valence electrons. The van der Waals surface area contributed by atoms with Gasteiger partial charge in [-0.2, -0.15) is 0 Å². The number of hydrogen-bond acceptors (Lipinski definition) is 2. The molecule has 0 aliphatic rings. The highest BCUT2D eigenvalue weighted by atomic mass is 28.4. The van der Waals surface area contributed by atoms with E-state index in [0.29, 0.717) is 5.76 Å². The van der Waals surface area contributed by atoms with E-state index in [1.807, 2.05) is 0 Å².